The van der Waals surface area contributed by atoms with E-state index in [0.717, 1.165) is 23.4 Å². The Morgan fingerprint density at radius 3 is 2.10 bits per heavy atom. The number of hydrogen-bond donors (Lipinski definition) is 0. The molecule has 0 saturated carbocycles. The fourth-order valence-electron chi connectivity index (χ4n) is 5.44. The predicted molar refractivity (Wildman–Crippen MR) is 140 cm³/mol. The van der Waals surface area contributed by atoms with Crippen LogP contribution in [0.5, 0.6) is 5.75 Å². The van der Waals surface area contributed by atoms with Crippen LogP contribution >= 0.6 is 0 Å². The number of nitrogens with zero attached hydrogens (tertiary/aromatic N) is 3. The Morgan fingerprint density at radius 2 is 1.59 bits per heavy atom. The summed E-state index contributed by atoms with van der Waals surface area (Å²) in [5.74, 6) is 0.654. The zero-order valence-electron chi connectivity index (χ0n) is 23.0. The Labute approximate surface area is 227 Å². The average Bonchev–Trinajstić information content (AvgIpc) is 3.08. The van der Waals surface area contributed by atoms with Crippen molar-refractivity contribution in [1.82, 2.24) is 14.7 Å². The third kappa shape index (κ3) is 6.00. The van der Waals surface area contributed by atoms with Gasteiger partial charge in [0, 0.05) is 19.6 Å². The Balaban J connectivity index is 1.59. The average molecular weight is 548 g/mol. The van der Waals surface area contributed by atoms with E-state index in [4.69, 9.17) is 9.47 Å². The molecule has 0 N–H and O–H groups in total. The quantitative estimate of drug-likeness (QED) is 0.495. The second-order valence-electron chi connectivity index (χ2n) is 11.2. The van der Waals surface area contributed by atoms with Gasteiger partial charge in [-0.15, -0.1) is 0 Å². The first-order chi connectivity index (χ1) is 18.2. The highest BCUT2D eigenvalue weighted by Gasteiger charge is 2.57. The first-order valence-electron chi connectivity index (χ1n) is 13.1. The number of rotatable bonds is 5. The van der Waals surface area contributed by atoms with Gasteiger partial charge in [0.1, 0.15) is 23.1 Å². The summed E-state index contributed by atoms with van der Waals surface area (Å²) in [5.41, 5.74) is -0.606. The second-order valence-corrected chi connectivity index (χ2v) is 11.2. The molecule has 212 valence electrons. The van der Waals surface area contributed by atoms with Crippen molar-refractivity contribution in [3.63, 3.8) is 0 Å². The molecule has 2 aliphatic rings. The van der Waals surface area contributed by atoms with E-state index in [9.17, 15) is 22.8 Å². The Morgan fingerprint density at radius 1 is 1.00 bits per heavy atom. The van der Waals surface area contributed by atoms with Gasteiger partial charge in [-0.3, -0.25) is 9.69 Å². The number of ether oxygens (including phenoxy) is 2. The lowest BCUT2D eigenvalue weighted by Gasteiger charge is -2.42. The highest BCUT2D eigenvalue weighted by atomic mass is 19.4. The summed E-state index contributed by atoms with van der Waals surface area (Å²) in [6.45, 7) is 6.49. The Bertz CT molecular complexity index is 1170. The number of amides is 2. The van der Waals surface area contributed by atoms with Crippen LogP contribution in [0.2, 0.25) is 0 Å². The Hall–Kier alpha value is -3.27. The molecule has 2 saturated heterocycles. The van der Waals surface area contributed by atoms with Crippen LogP contribution in [0.3, 0.4) is 0 Å². The number of carbonyl (C=O) groups excluding carboxylic acids is 2. The van der Waals surface area contributed by atoms with E-state index in [1.54, 1.807) is 37.7 Å². The molecule has 2 fully saturated rings. The number of benzene rings is 2. The summed E-state index contributed by atoms with van der Waals surface area (Å²) in [6.07, 6.45) is -4.03. The highest BCUT2D eigenvalue weighted by molar-refractivity contribution is 5.89. The summed E-state index contributed by atoms with van der Waals surface area (Å²) in [5, 5.41) is 0. The zero-order chi connectivity index (χ0) is 28.6. The first kappa shape index (κ1) is 28.7. The van der Waals surface area contributed by atoms with Crippen LogP contribution in [-0.4, -0.2) is 71.6 Å². The van der Waals surface area contributed by atoms with E-state index < -0.39 is 35.1 Å². The van der Waals surface area contributed by atoms with E-state index in [1.165, 1.54) is 12.1 Å². The maximum Gasteiger partial charge on any atom is 0.416 e. The van der Waals surface area contributed by atoms with E-state index in [2.05, 4.69) is 0 Å². The lowest BCUT2D eigenvalue weighted by molar-refractivity contribution is -0.138. The SMILES string of the molecule is COc1ccc(CCN2C(=O)C3(CCN(C(=O)OC(C)(C)C)CC3)N(C)C2c2ccc(C(F)(F)F)cc2)cc1. The standard InChI is InChI=1S/C29H36F3N3O4/c1-27(2,3)39-26(37)34-18-15-28(16-19-34)25(36)35(17-14-20-6-12-23(38-5)13-7-20)24(33(28)4)21-8-10-22(11-9-21)29(30,31)32/h6-13,24H,14-19H2,1-5H3. The third-order valence-electron chi connectivity index (χ3n) is 7.58. The molecule has 2 aromatic rings. The second kappa shape index (κ2) is 10.7. The van der Waals surface area contributed by atoms with Crippen molar-refractivity contribution in [3.05, 3.63) is 65.2 Å². The Kier molecular flexibility index (Phi) is 7.89. The number of likely N-dealkylation sites (tertiary alicyclic amines) is 1. The number of hydrogen-bond acceptors (Lipinski definition) is 5. The van der Waals surface area contributed by atoms with Gasteiger partial charge in [-0.25, -0.2) is 4.79 Å². The zero-order valence-corrected chi connectivity index (χ0v) is 23.0. The van der Waals surface area contributed by atoms with Crippen molar-refractivity contribution in [2.75, 3.05) is 33.8 Å². The number of methoxy groups -OCH3 is 1. The van der Waals surface area contributed by atoms with Crippen molar-refractivity contribution < 1.29 is 32.2 Å². The van der Waals surface area contributed by atoms with Crippen molar-refractivity contribution in [2.24, 2.45) is 0 Å². The summed E-state index contributed by atoms with van der Waals surface area (Å²) < 4.78 is 50.5. The maximum absolute atomic E-state index is 14.1. The molecule has 2 amide bonds. The first-order valence-corrected chi connectivity index (χ1v) is 13.1. The third-order valence-corrected chi connectivity index (χ3v) is 7.58. The molecule has 1 atom stereocenters. The highest BCUT2D eigenvalue weighted by Crippen LogP contribution is 2.45. The molecular formula is C29H36F3N3O4. The van der Waals surface area contributed by atoms with Crippen molar-refractivity contribution in [1.29, 1.82) is 0 Å². The fourth-order valence-corrected chi connectivity index (χ4v) is 5.44. The molecule has 1 unspecified atom stereocenters. The minimum absolute atomic E-state index is 0.0766. The van der Waals surface area contributed by atoms with Gasteiger partial charge in [-0.05, 0) is 82.5 Å². The van der Waals surface area contributed by atoms with Gasteiger partial charge in [-0.1, -0.05) is 24.3 Å². The van der Waals surface area contributed by atoms with Gasteiger partial charge >= 0.3 is 12.3 Å². The van der Waals surface area contributed by atoms with E-state index >= 15 is 0 Å². The van der Waals surface area contributed by atoms with Gasteiger partial charge < -0.3 is 19.3 Å². The molecule has 0 aliphatic carbocycles. The van der Waals surface area contributed by atoms with Gasteiger partial charge in [0.05, 0.1) is 12.7 Å². The van der Waals surface area contributed by atoms with E-state index in [0.29, 0.717) is 44.5 Å². The number of likely N-dealkylation sites (N-methyl/N-ethyl adjacent to an activating group) is 1. The molecule has 10 heteroatoms. The molecule has 2 heterocycles. The van der Waals surface area contributed by atoms with Crippen LogP contribution in [0, 0.1) is 0 Å². The molecule has 2 aliphatic heterocycles. The lowest BCUT2D eigenvalue weighted by atomic mass is 9.86. The summed E-state index contributed by atoms with van der Waals surface area (Å²) in [7, 11) is 3.44. The molecular weight excluding hydrogens is 511 g/mol. The monoisotopic (exact) mass is 547 g/mol. The normalized spacial score (nSPS) is 20.0. The van der Waals surface area contributed by atoms with Crippen molar-refractivity contribution in [2.45, 2.75) is 63.5 Å². The fraction of sp³-hybridized carbons (Fsp3) is 0.517. The van der Waals surface area contributed by atoms with E-state index in [-0.39, 0.29) is 5.91 Å². The molecule has 0 bridgehead atoms. The van der Waals surface area contributed by atoms with Crippen LogP contribution in [0.15, 0.2) is 48.5 Å². The largest absolute Gasteiger partial charge is 0.497 e. The van der Waals surface area contributed by atoms with Crippen LogP contribution in [0.4, 0.5) is 18.0 Å². The van der Waals surface area contributed by atoms with E-state index in [1.807, 2.05) is 36.2 Å². The number of piperidine rings is 1. The minimum Gasteiger partial charge on any atom is -0.497 e. The molecule has 0 radical (unpaired) electrons. The van der Waals surface area contributed by atoms with Gasteiger partial charge in [0.2, 0.25) is 5.91 Å². The van der Waals surface area contributed by atoms with Crippen LogP contribution in [0.25, 0.3) is 0 Å². The van der Waals surface area contributed by atoms with Gasteiger partial charge in [0.25, 0.3) is 0 Å². The molecule has 0 aromatic heterocycles. The molecule has 4 rings (SSSR count). The van der Waals surface area contributed by atoms with Crippen LogP contribution in [-0.2, 0) is 22.1 Å². The molecule has 2 aromatic carbocycles. The van der Waals surface area contributed by atoms with Crippen LogP contribution in [0.1, 0.15) is 56.5 Å². The maximum atomic E-state index is 14.1. The van der Waals surface area contributed by atoms with Gasteiger partial charge in [-0.2, -0.15) is 13.2 Å². The van der Waals surface area contributed by atoms with Gasteiger partial charge in [0.15, 0.2) is 0 Å². The number of alkyl halides is 3. The van der Waals surface area contributed by atoms with Crippen LogP contribution < -0.4 is 4.74 Å². The minimum atomic E-state index is -4.44. The summed E-state index contributed by atoms with van der Waals surface area (Å²) >= 11 is 0. The summed E-state index contributed by atoms with van der Waals surface area (Å²) in [6, 6.07) is 12.6. The molecule has 7 nitrogen and oxygen atoms in total. The van der Waals surface area contributed by atoms with Crippen molar-refractivity contribution in [3.8, 4) is 5.75 Å². The molecule has 1 spiro atoms. The van der Waals surface area contributed by atoms with Crippen molar-refractivity contribution >= 4 is 12.0 Å². The topological polar surface area (TPSA) is 62.3 Å². The lowest BCUT2D eigenvalue weighted by Crippen LogP contribution is -2.56. The number of halogens is 3. The predicted octanol–water partition coefficient (Wildman–Crippen LogP) is 5.50. The number of carbonyl (C=O) groups is 2. The molecule has 39 heavy (non-hydrogen) atoms. The smallest absolute Gasteiger partial charge is 0.416 e. The summed E-state index contributed by atoms with van der Waals surface area (Å²) in [4.78, 5) is 32.1.